The minimum Gasteiger partial charge on any atom is -0.491 e. The van der Waals surface area contributed by atoms with Gasteiger partial charge in [0.2, 0.25) is 0 Å². The lowest BCUT2D eigenvalue weighted by molar-refractivity contribution is 0.0596. The number of para-hydroxylation sites is 1. The van der Waals surface area contributed by atoms with Gasteiger partial charge in [-0.25, -0.2) is 4.79 Å². The van der Waals surface area contributed by atoms with Gasteiger partial charge in [-0.15, -0.1) is 0 Å². The molecule has 1 aromatic rings. The average molecular weight is 195 g/mol. The number of rotatable bonds is 3. The van der Waals surface area contributed by atoms with Crippen molar-refractivity contribution in [3.8, 4) is 5.75 Å². The summed E-state index contributed by atoms with van der Waals surface area (Å²) in [5.74, 6) is -0.0531. The van der Waals surface area contributed by atoms with E-state index in [1.54, 1.807) is 18.2 Å². The third-order valence-corrected chi connectivity index (χ3v) is 1.74. The van der Waals surface area contributed by atoms with E-state index >= 15 is 0 Å². The maximum Gasteiger partial charge on any atom is 0.341 e. The average Bonchev–Trinajstić information content (AvgIpc) is 2.20. The first-order valence-corrected chi connectivity index (χ1v) is 4.30. The van der Waals surface area contributed by atoms with E-state index in [1.165, 1.54) is 7.11 Å². The van der Waals surface area contributed by atoms with Gasteiger partial charge in [-0.1, -0.05) is 6.07 Å². The maximum atomic E-state index is 11.3. The van der Waals surface area contributed by atoms with Crippen LogP contribution in [0.15, 0.2) is 18.2 Å². The number of benzene rings is 1. The molecule has 0 spiro atoms. The number of anilines is 1. The maximum absolute atomic E-state index is 11.3. The third kappa shape index (κ3) is 1.96. The zero-order valence-electron chi connectivity index (χ0n) is 8.24. The number of ether oxygens (including phenoxy) is 2. The van der Waals surface area contributed by atoms with Crippen LogP contribution in [0.4, 0.5) is 5.69 Å². The van der Waals surface area contributed by atoms with Gasteiger partial charge in [0, 0.05) is 0 Å². The molecule has 0 radical (unpaired) electrons. The topological polar surface area (TPSA) is 61.5 Å². The van der Waals surface area contributed by atoms with Crippen LogP contribution in [0.1, 0.15) is 17.3 Å². The summed E-state index contributed by atoms with van der Waals surface area (Å²) < 4.78 is 9.87. The highest BCUT2D eigenvalue weighted by Crippen LogP contribution is 2.26. The Morgan fingerprint density at radius 3 is 2.79 bits per heavy atom. The molecule has 4 heteroatoms. The molecule has 0 heterocycles. The molecule has 0 atom stereocenters. The molecule has 0 saturated heterocycles. The van der Waals surface area contributed by atoms with Crippen molar-refractivity contribution in [2.45, 2.75) is 6.92 Å². The van der Waals surface area contributed by atoms with Crippen LogP contribution < -0.4 is 10.5 Å². The minimum absolute atomic E-state index is 0.356. The summed E-state index contributed by atoms with van der Waals surface area (Å²) in [5, 5.41) is 0. The van der Waals surface area contributed by atoms with Crippen LogP contribution in [-0.2, 0) is 4.74 Å². The summed E-state index contributed by atoms with van der Waals surface area (Å²) in [6.07, 6.45) is 0. The first kappa shape index (κ1) is 10.4. The van der Waals surface area contributed by atoms with E-state index in [4.69, 9.17) is 10.5 Å². The highest BCUT2D eigenvalue weighted by molar-refractivity contribution is 5.94. The number of methoxy groups -OCH3 is 1. The first-order valence-electron chi connectivity index (χ1n) is 4.30. The molecule has 0 unspecified atom stereocenters. The van der Waals surface area contributed by atoms with Crippen molar-refractivity contribution < 1.29 is 14.3 Å². The first-order chi connectivity index (χ1) is 6.70. The minimum atomic E-state index is -0.444. The molecule has 76 valence electrons. The second-order valence-corrected chi connectivity index (χ2v) is 2.65. The second kappa shape index (κ2) is 4.50. The van der Waals surface area contributed by atoms with E-state index in [0.29, 0.717) is 23.6 Å². The number of carbonyl (C=O) groups excluding carboxylic acids is 1. The fraction of sp³-hybridized carbons (Fsp3) is 0.300. The summed E-state index contributed by atoms with van der Waals surface area (Å²) in [6.45, 7) is 2.28. The Bertz CT molecular complexity index is 336. The van der Waals surface area contributed by atoms with Crippen molar-refractivity contribution in [2.75, 3.05) is 19.5 Å². The zero-order chi connectivity index (χ0) is 10.6. The van der Waals surface area contributed by atoms with Crippen LogP contribution in [0.3, 0.4) is 0 Å². The smallest absolute Gasteiger partial charge is 0.341 e. The van der Waals surface area contributed by atoms with Crippen LogP contribution in [0.5, 0.6) is 5.75 Å². The normalized spacial score (nSPS) is 9.57. The van der Waals surface area contributed by atoms with Gasteiger partial charge in [-0.2, -0.15) is 0 Å². The predicted octanol–water partition coefficient (Wildman–Crippen LogP) is 1.45. The highest BCUT2D eigenvalue weighted by atomic mass is 16.5. The number of nitrogens with two attached hydrogens (primary N) is 1. The summed E-state index contributed by atoms with van der Waals surface area (Å²) >= 11 is 0. The van der Waals surface area contributed by atoms with Crippen LogP contribution in [-0.4, -0.2) is 19.7 Å². The fourth-order valence-corrected chi connectivity index (χ4v) is 1.13. The SMILES string of the molecule is CCOc1c(N)cccc1C(=O)OC. The van der Waals surface area contributed by atoms with E-state index in [-0.39, 0.29) is 0 Å². The van der Waals surface area contributed by atoms with Gasteiger partial charge in [0.15, 0.2) is 5.75 Å². The summed E-state index contributed by atoms with van der Waals surface area (Å²) in [4.78, 5) is 11.3. The standard InChI is InChI=1S/C10H13NO3/c1-3-14-9-7(10(12)13-2)5-4-6-8(9)11/h4-6H,3,11H2,1-2H3. The van der Waals surface area contributed by atoms with E-state index in [9.17, 15) is 4.79 Å². The fourth-order valence-electron chi connectivity index (χ4n) is 1.13. The lowest BCUT2D eigenvalue weighted by atomic mass is 10.2. The Hall–Kier alpha value is -1.71. The molecule has 2 N–H and O–H groups in total. The Kier molecular flexibility index (Phi) is 3.34. The Balaban J connectivity index is 3.13. The third-order valence-electron chi connectivity index (χ3n) is 1.74. The van der Waals surface area contributed by atoms with Crippen molar-refractivity contribution in [1.82, 2.24) is 0 Å². The molecule has 0 aliphatic rings. The molecule has 1 aromatic carbocycles. The van der Waals surface area contributed by atoms with Gasteiger partial charge in [0.25, 0.3) is 0 Å². The van der Waals surface area contributed by atoms with Crippen molar-refractivity contribution in [3.05, 3.63) is 23.8 Å². The second-order valence-electron chi connectivity index (χ2n) is 2.65. The van der Waals surface area contributed by atoms with Gasteiger partial charge < -0.3 is 15.2 Å². The number of hydrogen-bond acceptors (Lipinski definition) is 4. The monoisotopic (exact) mass is 195 g/mol. The number of hydrogen-bond donors (Lipinski definition) is 1. The van der Waals surface area contributed by atoms with E-state index in [0.717, 1.165) is 0 Å². The molecule has 0 bridgehead atoms. The molecule has 0 amide bonds. The van der Waals surface area contributed by atoms with Gasteiger partial charge >= 0.3 is 5.97 Å². The van der Waals surface area contributed by atoms with Crippen LogP contribution in [0.2, 0.25) is 0 Å². The van der Waals surface area contributed by atoms with E-state index < -0.39 is 5.97 Å². The summed E-state index contributed by atoms with van der Waals surface area (Å²) in [5.41, 5.74) is 6.46. The molecular formula is C10H13NO3. The number of esters is 1. The molecular weight excluding hydrogens is 182 g/mol. The van der Waals surface area contributed by atoms with Crippen LogP contribution in [0, 0.1) is 0 Å². The largest absolute Gasteiger partial charge is 0.491 e. The quantitative estimate of drug-likeness (QED) is 0.585. The molecule has 14 heavy (non-hydrogen) atoms. The molecule has 0 aliphatic carbocycles. The molecule has 0 saturated carbocycles. The van der Waals surface area contributed by atoms with Crippen LogP contribution in [0.25, 0.3) is 0 Å². The molecule has 1 rings (SSSR count). The molecule has 4 nitrogen and oxygen atoms in total. The summed E-state index contributed by atoms with van der Waals surface area (Å²) in [6, 6.07) is 4.98. The van der Waals surface area contributed by atoms with Gasteiger partial charge in [0.05, 0.1) is 19.4 Å². The van der Waals surface area contributed by atoms with Crippen molar-refractivity contribution in [2.24, 2.45) is 0 Å². The van der Waals surface area contributed by atoms with Crippen molar-refractivity contribution in [3.63, 3.8) is 0 Å². The number of nitrogen functional groups attached to an aromatic ring is 1. The highest BCUT2D eigenvalue weighted by Gasteiger charge is 2.14. The van der Waals surface area contributed by atoms with Gasteiger partial charge in [0.1, 0.15) is 5.56 Å². The Labute approximate surface area is 82.6 Å². The lowest BCUT2D eigenvalue weighted by Gasteiger charge is -2.10. The summed E-state index contributed by atoms with van der Waals surface area (Å²) in [7, 11) is 1.32. The van der Waals surface area contributed by atoms with Crippen molar-refractivity contribution >= 4 is 11.7 Å². The predicted molar refractivity (Wildman–Crippen MR) is 53.4 cm³/mol. The Morgan fingerprint density at radius 2 is 2.21 bits per heavy atom. The van der Waals surface area contributed by atoms with E-state index in [1.807, 2.05) is 6.92 Å². The lowest BCUT2D eigenvalue weighted by Crippen LogP contribution is -2.07. The van der Waals surface area contributed by atoms with Gasteiger partial charge in [-0.3, -0.25) is 0 Å². The van der Waals surface area contributed by atoms with E-state index in [2.05, 4.69) is 4.74 Å². The number of carbonyl (C=O) groups is 1. The van der Waals surface area contributed by atoms with Crippen LogP contribution >= 0.6 is 0 Å². The van der Waals surface area contributed by atoms with Gasteiger partial charge in [-0.05, 0) is 19.1 Å². The molecule has 0 aromatic heterocycles. The Morgan fingerprint density at radius 1 is 1.50 bits per heavy atom. The zero-order valence-corrected chi connectivity index (χ0v) is 8.24. The molecule has 0 fully saturated rings. The molecule has 0 aliphatic heterocycles. The van der Waals surface area contributed by atoms with Crippen molar-refractivity contribution in [1.29, 1.82) is 0 Å².